The van der Waals surface area contributed by atoms with Crippen LogP contribution in [0.15, 0.2) is 0 Å². The molecule has 0 heterocycles. The lowest BCUT2D eigenvalue weighted by atomic mass is 10.0. The van der Waals surface area contributed by atoms with E-state index in [0.29, 0.717) is 11.8 Å². The summed E-state index contributed by atoms with van der Waals surface area (Å²) < 4.78 is 28.6. The van der Waals surface area contributed by atoms with Gasteiger partial charge in [0.25, 0.3) is 0 Å². The van der Waals surface area contributed by atoms with Crippen LogP contribution in [0.3, 0.4) is 0 Å². The maximum atomic E-state index is 12.2. The summed E-state index contributed by atoms with van der Waals surface area (Å²) in [7, 11) is -8.29. The van der Waals surface area contributed by atoms with Crippen LogP contribution in [0, 0.1) is 31.1 Å². The quantitative estimate of drug-likeness (QED) is 0.591. The van der Waals surface area contributed by atoms with Gasteiger partial charge in [-0.15, -0.1) is 0 Å². The lowest BCUT2D eigenvalue weighted by Gasteiger charge is -2.29. The van der Waals surface area contributed by atoms with Crippen LogP contribution in [0.2, 0.25) is 0 Å². The molecular weight excluding hydrogens is 302 g/mol. The van der Waals surface area contributed by atoms with Crippen molar-refractivity contribution in [2.24, 2.45) is 17.3 Å². The van der Waals surface area contributed by atoms with Gasteiger partial charge in [-0.05, 0) is 56.8 Å². The van der Waals surface area contributed by atoms with Crippen LogP contribution >= 0.6 is 15.2 Å². The Balaban J connectivity index is 1.95. The minimum Gasteiger partial charge on any atom is -0.324 e. The molecule has 116 valence electrons. The minimum atomic E-state index is -4.33. The van der Waals surface area contributed by atoms with Gasteiger partial charge in [0.2, 0.25) is 0 Å². The molecule has 20 heavy (non-hydrogen) atoms. The van der Waals surface area contributed by atoms with E-state index in [2.05, 4.69) is 13.8 Å². The van der Waals surface area contributed by atoms with Crippen molar-refractivity contribution >= 4 is 15.2 Å². The van der Waals surface area contributed by atoms with Gasteiger partial charge in [0.05, 0.1) is 18.4 Å². The fraction of sp³-hybridized carbons (Fsp3) is 0.833. The molecule has 0 bridgehead atoms. The average Bonchev–Trinajstić information content (AvgIpc) is 3.04. The molecule has 8 heteroatoms. The Morgan fingerprint density at radius 2 is 1.50 bits per heavy atom. The Morgan fingerprint density at radius 1 is 1.05 bits per heavy atom. The second-order valence-corrected chi connectivity index (χ2v) is 9.81. The molecule has 2 rings (SSSR count). The van der Waals surface area contributed by atoms with Crippen LogP contribution in [0.5, 0.6) is 0 Å². The normalized spacial score (nSPS) is 23.9. The number of hydrogen-bond donors (Lipinski definition) is 3. The summed E-state index contributed by atoms with van der Waals surface area (Å²) in [6, 6.07) is 0. The summed E-state index contributed by atoms with van der Waals surface area (Å²) >= 11 is 0. The first-order valence-corrected chi connectivity index (χ1v) is 10.3. The monoisotopic (exact) mass is 324 g/mol. The molecule has 1 atom stereocenters. The second-order valence-electron chi connectivity index (χ2n) is 6.36. The van der Waals surface area contributed by atoms with Gasteiger partial charge in [0, 0.05) is 0 Å². The smallest absolute Gasteiger partial charge is 0.324 e. The average molecular weight is 324 g/mol. The Bertz CT molecular complexity index is 437. The molecule has 2 fully saturated rings. The zero-order chi connectivity index (χ0) is 15.2. The van der Waals surface area contributed by atoms with Crippen molar-refractivity contribution in [1.29, 1.82) is 0 Å². The van der Waals surface area contributed by atoms with Gasteiger partial charge in [0.1, 0.15) is 0 Å². The Labute approximate surface area is 119 Å². The molecule has 0 amide bonds. The van der Waals surface area contributed by atoms with E-state index in [9.17, 15) is 14.0 Å². The van der Waals surface area contributed by atoms with E-state index in [1.165, 1.54) is 0 Å². The Hall–Kier alpha value is 0.300. The number of rotatable bonds is 8. The highest BCUT2D eigenvalue weighted by atomic mass is 31.2. The summed E-state index contributed by atoms with van der Waals surface area (Å²) in [4.78, 5) is 27.9. The molecule has 2 saturated carbocycles. The predicted octanol–water partition coefficient (Wildman–Crippen LogP) is 2.21. The zero-order valence-electron chi connectivity index (χ0n) is 11.3. The summed E-state index contributed by atoms with van der Waals surface area (Å²) in [5, 5.41) is 0. The van der Waals surface area contributed by atoms with Crippen LogP contribution in [-0.4, -0.2) is 33.1 Å². The fourth-order valence-corrected chi connectivity index (χ4v) is 5.47. The van der Waals surface area contributed by atoms with Crippen molar-refractivity contribution in [2.75, 3.05) is 12.3 Å². The highest BCUT2D eigenvalue weighted by Gasteiger charge is 2.46. The lowest BCUT2D eigenvalue weighted by molar-refractivity contribution is 0.131. The first-order valence-electron chi connectivity index (χ1n) is 6.73. The van der Waals surface area contributed by atoms with E-state index in [1.807, 2.05) is 0 Å². The molecule has 6 nitrogen and oxygen atoms in total. The Morgan fingerprint density at radius 3 is 1.85 bits per heavy atom. The first-order chi connectivity index (χ1) is 8.98. The van der Waals surface area contributed by atoms with Gasteiger partial charge in [-0.3, -0.25) is 9.13 Å². The molecule has 0 aromatic rings. The molecule has 0 aromatic carbocycles. The van der Waals surface area contributed by atoms with Gasteiger partial charge in [-0.1, -0.05) is 0 Å². The van der Waals surface area contributed by atoms with Crippen molar-refractivity contribution in [3.63, 3.8) is 0 Å². The zero-order valence-corrected chi connectivity index (χ0v) is 13.1. The van der Waals surface area contributed by atoms with E-state index in [0.717, 1.165) is 25.7 Å². The SMILES string of the molecule is [CH2]C([CH2])(CP(=O)(O)O)CP(=O)(O)OC(C1CC1)C1CC1. The highest BCUT2D eigenvalue weighted by molar-refractivity contribution is 7.53. The van der Waals surface area contributed by atoms with Crippen LogP contribution in [0.1, 0.15) is 25.7 Å². The van der Waals surface area contributed by atoms with Gasteiger partial charge in [-0.2, -0.15) is 0 Å². The first kappa shape index (κ1) is 16.7. The molecule has 3 N–H and O–H groups in total. The van der Waals surface area contributed by atoms with Gasteiger partial charge >= 0.3 is 15.2 Å². The summed E-state index contributed by atoms with van der Waals surface area (Å²) in [6.07, 6.45) is 2.80. The third kappa shape index (κ3) is 5.59. The second kappa shape index (κ2) is 5.49. The molecule has 0 saturated heterocycles. The summed E-state index contributed by atoms with van der Waals surface area (Å²) in [6.45, 7) is 7.11. The molecule has 1 unspecified atom stereocenters. The fourth-order valence-electron chi connectivity index (χ4n) is 2.54. The maximum absolute atomic E-state index is 12.2. The highest BCUT2D eigenvalue weighted by Crippen LogP contribution is 2.57. The molecular formula is C12H22O6P2. The van der Waals surface area contributed by atoms with Crippen LogP contribution < -0.4 is 0 Å². The van der Waals surface area contributed by atoms with Crippen molar-refractivity contribution in [2.45, 2.75) is 31.8 Å². The van der Waals surface area contributed by atoms with Gasteiger partial charge < -0.3 is 19.2 Å². The van der Waals surface area contributed by atoms with Crippen molar-refractivity contribution in [3.05, 3.63) is 13.8 Å². The van der Waals surface area contributed by atoms with E-state index in [-0.39, 0.29) is 6.10 Å². The standard InChI is InChI=1S/C12H22O6P2/c1-12(2,7-19(13,14)15)8-20(16,17)18-11(9-3-4-9)10-5-6-10/h9-11H,1-8H2,(H,16,17)(H2,13,14,15). The van der Waals surface area contributed by atoms with Crippen molar-refractivity contribution < 1.29 is 28.3 Å². The molecule has 2 aliphatic carbocycles. The van der Waals surface area contributed by atoms with E-state index >= 15 is 0 Å². The van der Waals surface area contributed by atoms with Crippen LogP contribution in [-0.2, 0) is 13.7 Å². The maximum Gasteiger partial charge on any atom is 0.328 e. The molecule has 0 aliphatic heterocycles. The third-order valence-corrected chi connectivity index (χ3v) is 6.26. The van der Waals surface area contributed by atoms with E-state index in [4.69, 9.17) is 14.3 Å². The van der Waals surface area contributed by atoms with Crippen molar-refractivity contribution in [3.8, 4) is 0 Å². The topological polar surface area (TPSA) is 104 Å². The number of hydrogen-bond acceptors (Lipinski definition) is 3. The van der Waals surface area contributed by atoms with Crippen LogP contribution in [0.25, 0.3) is 0 Å². The Kier molecular flexibility index (Phi) is 4.58. The largest absolute Gasteiger partial charge is 0.328 e. The molecule has 0 aromatic heterocycles. The van der Waals surface area contributed by atoms with Crippen molar-refractivity contribution in [1.82, 2.24) is 0 Å². The predicted molar refractivity (Wildman–Crippen MR) is 75.1 cm³/mol. The third-order valence-electron chi connectivity index (χ3n) is 3.54. The van der Waals surface area contributed by atoms with E-state index < -0.39 is 32.9 Å². The summed E-state index contributed by atoms with van der Waals surface area (Å²) in [5.74, 6) is 0.711. The molecule has 2 aliphatic rings. The summed E-state index contributed by atoms with van der Waals surface area (Å²) in [5.41, 5.74) is -1.43. The lowest BCUT2D eigenvalue weighted by Crippen LogP contribution is -2.26. The molecule has 0 spiro atoms. The van der Waals surface area contributed by atoms with Gasteiger partial charge in [0.15, 0.2) is 0 Å². The van der Waals surface area contributed by atoms with Crippen LogP contribution in [0.4, 0.5) is 0 Å². The minimum absolute atomic E-state index is 0.198. The van der Waals surface area contributed by atoms with Gasteiger partial charge in [-0.25, -0.2) is 0 Å². The molecule has 2 radical (unpaired) electrons. The van der Waals surface area contributed by atoms with E-state index in [1.54, 1.807) is 0 Å².